The van der Waals surface area contributed by atoms with E-state index in [1.165, 1.54) is 16.7 Å². The Morgan fingerprint density at radius 2 is 1.90 bits per heavy atom. The fourth-order valence-corrected chi connectivity index (χ4v) is 4.99. The van der Waals surface area contributed by atoms with Crippen molar-refractivity contribution in [3.05, 3.63) is 58.4 Å². The number of thiazole rings is 1. The van der Waals surface area contributed by atoms with Crippen molar-refractivity contribution in [1.82, 2.24) is 4.57 Å². The molecule has 0 atom stereocenters. The molecule has 0 aliphatic carbocycles. The first-order valence-corrected chi connectivity index (χ1v) is 11.3. The maximum Gasteiger partial charge on any atom is 0.252 e. The molecule has 0 bridgehead atoms. The van der Waals surface area contributed by atoms with E-state index in [1.54, 1.807) is 26.0 Å². The van der Waals surface area contributed by atoms with Crippen LogP contribution in [0.4, 0.5) is 8.78 Å². The molecule has 3 rings (SSSR count). The van der Waals surface area contributed by atoms with Gasteiger partial charge in [-0.05, 0) is 37.6 Å². The molecule has 9 heteroatoms. The largest absolute Gasteiger partial charge is 0.302 e. The number of amides is 1. The van der Waals surface area contributed by atoms with Crippen LogP contribution in [-0.2, 0) is 27.6 Å². The molecule has 2 aromatic carbocycles. The lowest BCUT2D eigenvalue weighted by Crippen LogP contribution is -2.17. The molecule has 1 amide bonds. The molecular formula is C21H18F2N2O3S2. The summed E-state index contributed by atoms with van der Waals surface area (Å²) < 4.78 is 53.7. The molecule has 0 fully saturated rings. The van der Waals surface area contributed by atoms with Gasteiger partial charge < -0.3 is 4.57 Å². The summed E-state index contributed by atoms with van der Waals surface area (Å²) in [5.74, 6) is 0.339. The lowest BCUT2D eigenvalue weighted by Gasteiger charge is -2.08. The van der Waals surface area contributed by atoms with Crippen LogP contribution < -0.4 is 4.80 Å². The summed E-state index contributed by atoms with van der Waals surface area (Å²) in [5.41, 5.74) is 0.669. The molecule has 3 aromatic rings. The van der Waals surface area contributed by atoms with Crippen LogP contribution in [0.5, 0.6) is 0 Å². The number of benzene rings is 2. The van der Waals surface area contributed by atoms with Gasteiger partial charge in [0.25, 0.3) is 5.91 Å². The second kappa shape index (κ2) is 8.50. The summed E-state index contributed by atoms with van der Waals surface area (Å²) in [7, 11) is -3.40. The Morgan fingerprint density at radius 1 is 1.23 bits per heavy atom. The van der Waals surface area contributed by atoms with Gasteiger partial charge in [-0.3, -0.25) is 4.79 Å². The second-order valence-corrected chi connectivity index (χ2v) is 10.3. The van der Waals surface area contributed by atoms with E-state index in [1.807, 2.05) is 0 Å². The molecule has 5 nitrogen and oxygen atoms in total. The number of nitrogens with zero attached hydrogens (tertiary/aromatic N) is 2. The van der Waals surface area contributed by atoms with Crippen molar-refractivity contribution in [3.8, 4) is 12.3 Å². The average molecular weight is 449 g/mol. The first-order chi connectivity index (χ1) is 14.1. The summed E-state index contributed by atoms with van der Waals surface area (Å²) in [5, 5.41) is -0.551. The monoisotopic (exact) mass is 448 g/mol. The van der Waals surface area contributed by atoms with Crippen molar-refractivity contribution < 1.29 is 22.0 Å². The number of hydrogen-bond acceptors (Lipinski definition) is 4. The Labute approximate surface area is 176 Å². The van der Waals surface area contributed by atoms with Crippen LogP contribution >= 0.6 is 11.3 Å². The van der Waals surface area contributed by atoms with Crippen molar-refractivity contribution in [2.45, 2.75) is 37.0 Å². The molecule has 0 saturated carbocycles. The van der Waals surface area contributed by atoms with E-state index in [4.69, 9.17) is 6.42 Å². The number of hydrogen-bond donors (Lipinski definition) is 0. The smallest absolute Gasteiger partial charge is 0.252 e. The Kier molecular flexibility index (Phi) is 6.19. The van der Waals surface area contributed by atoms with Gasteiger partial charge in [-0.25, -0.2) is 17.2 Å². The van der Waals surface area contributed by atoms with Gasteiger partial charge >= 0.3 is 0 Å². The zero-order valence-electron chi connectivity index (χ0n) is 16.2. The van der Waals surface area contributed by atoms with Crippen molar-refractivity contribution in [1.29, 1.82) is 0 Å². The maximum absolute atomic E-state index is 14.2. The van der Waals surface area contributed by atoms with Crippen LogP contribution in [0, 0.1) is 24.0 Å². The van der Waals surface area contributed by atoms with Gasteiger partial charge in [0.1, 0.15) is 5.82 Å². The molecule has 0 radical (unpaired) electrons. The molecule has 0 unspecified atom stereocenters. The quantitative estimate of drug-likeness (QED) is 0.562. The van der Waals surface area contributed by atoms with Crippen LogP contribution in [0.3, 0.4) is 0 Å². The van der Waals surface area contributed by atoms with E-state index in [0.717, 1.165) is 23.5 Å². The van der Waals surface area contributed by atoms with Gasteiger partial charge in [-0.1, -0.05) is 29.4 Å². The standard InChI is InChI=1S/C21H18F2N2O3S2/c1-4-9-25-20-17(23)11-15(22)12-18(20)29-21(25)24-19(26)10-14-5-7-16(8-6-14)30(27,28)13(2)3/h1,5-8,11-13H,9-10H2,2-3H3. The molecule has 0 N–H and O–H groups in total. The first kappa shape index (κ1) is 21.9. The predicted octanol–water partition coefficient (Wildman–Crippen LogP) is 3.47. The van der Waals surface area contributed by atoms with Crippen molar-refractivity contribution in [2.75, 3.05) is 0 Å². The van der Waals surface area contributed by atoms with Gasteiger partial charge in [0.2, 0.25) is 0 Å². The zero-order chi connectivity index (χ0) is 22.1. The molecule has 1 aromatic heterocycles. The third-order valence-corrected chi connectivity index (χ3v) is 7.59. The predicted molar refractivity (Wildman–Crippen MR) is 112 cm³/mol. The Morgan fingerprint density at radius 3 is 2.50 bits per heavy atom. The summed E-state index contributed by atoms with van der Waals surface area (Å²) in [6, 6.07) is 7.92. The van der Waals surface area contributed by atoms with Gasteiger partial charge in [0.05, 0.1) is 33.3 Å². The van der Waals surface area contributed by atoms with Crippen LogP contribution in [0.15, 0.2) is 46.3 Å². The van der Waals surface area contributed by atoms with E-state index in [-0.39, 0.29) is 32.9 Å². The number of carbonyl (C=O) groups is 1. The van der Waals surface area contributed by atoms with E-state index in [0.29, 0.717) is 5.56 Å². The topological polar surface area (TPSA) is 68.5 Å². The minimum atomic E-state index is -3.40. The lowest BCUT2D eigenvalue weighted by molar-refractivity contribution is -0.117. The first-order valence-electron chi connectivity index (χ1n) is 8.95. The zero-order valence-corrected chi connectivity index (χ0v) is 17.9. The van der Waals surface area contributed by atoms with Gasteiger partial charge in [-0.2, -0.15) is 4.99 Å². The highest BCUT2D eigenvalue weighted by Crippen LogP contribution is 2.22. The van der Waals surface area contributed by atoms with E-state index >= 15 is 0 Å². The lowest BCUT2D eigenvalue weighted by atomic mass is 10.1. The summed E-state index contributed by atoms with van der Waals surface area (Å²) in [6.07, 6.45) is 5.27. The van der Waals surface area contributed by atoms with Crippen molar-refractivity contribution in [2.24, 2.45) is 4.99 Å². The SMILES string of the molecule is C#CCn1c(=NC(=O)Cc2ccc(S(=O)(=O)C(C)C)cc2)sc2cc(F)cc(F)c21. The summed E-state index contributed by atoms with van der Waals surface area (Å²) in [6.45, 7) is 3.16. The number of sulfone groups is 1. The molecule has 1 heterocycles. The average Bonchev–Trinajstić information content (AvgIpc) is 2.99. The van der Waals surface area contributed by atoms with Crippen molar-refractivity contribution in [3.63, 3.8) is 0 Å². The van der Waals surface area contributed by atoms with Gasteiger partial charge in [0, 0.05) is 6.07 Å². The Balaban J connectivity index is 1.94. The molecular weight excluding hydrogens is 430 g/mol. The number of fused-ring (bicyclic) bond motifs is 1. The highest BCUT2D eigenvalue weighted by Gasteiger charge is 2.19. The summed E-state index contributed by atoms with van der Waals surface area (Å²) in [4.78, 5) is 16.8. The molecule has 0 aliphatic rings. The minimum absolute atomic E-state index is 0.0313. The third kappa shape index (κ3) is 4.35. The van der Waals surface area contributed by atoms with E-state index in [2.05, 4.69) is 10.9 Å². The highest BCUT2D eigenvalue weighted by atomic mass is 32.2. The molecule has 30 heavy (non-hydrogen) atoms. The fourth-order valence-electron chi connectivity index (χ4n) is 2.84. The fraction of sp³-hybridized carbons (Fsp3) is 0.238. The van der Waals surface area contributed by atoms with E-state index < -0.39 is 32.6 Å². The van der Waals surface area contributed by atoms with Crippen molar-refractivity contribution >= 4 is 37.3 Å². The maximum atomic E-state index is 14.2. The normalized spacial score (nSPS) is 12.5. The number of terminal acetylenes is 1. The van der Waals surface area contributed by atoms with Gasteiger partial charge in [0.15, 0.2) is 20.5 Å². The van der Waals surface area contributed by atoms with Gasteiger partial charge in [-0.15, -0.1) is 6.42 Å². The van der Waals surface area contributed by atoms with Crippen LogP contribution in [-0.4, -0.2) is 24.1 Å². The summed E-state index contributed by atoms with van der Waals surface area (Å²) >= 11 is 0.961. The Bertz CT molecular complexity index is 1330. The van der Waals surface area contributed by atoms with Crippen LogP contribution in [0.2, 0.25) is 0 Å². The number of rotatable bonds is 5. The third-order valence-electron chi connectivity index (χ3n) is 4.39. The Hall–Kier alpha value is -2.83. The van der Waals surface area contributed by atoms with Crippen LogP contribution in [0.25, 0.3) is 10.2 Å². The number of carbonyl (C=O) groups excluding carboxylic acids is 1. The molecule has 156 valence electrons. The molecule has 0 spiro atoms. The molecule has 0 saturated heterocycles. The van der Waals surface area contributed by atoms with Crippen LogP contribution in [0.1, 0.15) is 19.4 Å². The second-order valence-electron chi connectivity index (χ2n) is 6.83. The number of halogens is 2. The van der Waals surface area contributed by atoms with E-state index in [9.17, 15) is 22.0 Å². The number of aromatic nitrogens is 1. The minimum Gasteiger partial charge on any atom is -0.302 e. The molecule has 0 aliphatic heterocycles. The highest BCUT2D eigenvalue weighted by molar-refractivity contribution is 7.92.